The van der Waals surface area contributed by atoms with Crippen LogP contribution in [0.5, 0.6) is 0 Å². The van der Waals surface area contributed by atoms with Gasteiger partial charge in [0.2, 0.25) is 0 Å². The number of rotatable bonds is 5. The third-order valence-electron chi connectivity index (χ3n) is 5.21. The van der Waals surface area contributed by atoms with E-state index in [4.69, 9.17) is 4.98 Å². The van der Waals surface area contributed by atoms with Crippen LogP contribution in [-0.4, -0.2) is 30.5 Å². The quantitative estimate of drug-likeness (QED) is 0.710. The second kappa shape index (κ2) is 8.03. The molecule has 2 aromatic carbocycles. The van der Waals surface area contributed by atoms with E-state index < -0.39 is 0 Å². The van der Waals surface area contributed by atoms with Crippen molar-refractivity contribution in [3.05, 3.63) is 76.6 Å². The van der Waals surface area contributed by atoms with Gasteiger partial charge in [0.05, 0.1) is 5.69 Å². The van der Waals surface area contributed by atoms with Crippen LogP contribution in [0.4, 0.5) is 0 Å². The molecular formula is C22H23N3OS. The Balaban J connectivity index is 1.56. The topological polar surface area (TPSA) is 54.0 Å². The first kappa shape index (κ1) is 17.9. The highest BCUT2D eigenvalue weighted by Gasteiger charge is 2.37. The Bertz CT molecular complexity index is 886. The van der Waals surface area contributed by atoms with Crippen molar-refractivity contribution < 1.29 is 4.79 Å². The first-order chi connectivity index (χ1) is 13.3. The molecule has 0 bridgehead atoms. The van der Waals surface area contributed by atoms with Crippen molar-refractivity contribution in [1.82, 2.24) is 15.6 Å². The van der Waals surface area contributed by atoms with E-state index in [1.807, 2.05) is 48.5 Å². The molecular weight excluding hydrogens is 354 g/mol. The second-order valence-corrected chi connectivity index (χ2v) is 7.84. The van der Waals surface area contributed by atoms with Crippen LogP contribution in [0.25, 0.3) is 11.3 Å². The second-order valence-electron chi connectivity index (χ2n) is 6.98. The summed E-state index contributed by atoms with van der Waals surface area (Å²) in [6, 6.07) is 19.7. The minimum absolute atomic E-state index is 0.0200. The van der Waals surface area contributed by atoms with Gasteiger partial charge in [0.25, 0.3) is 5.91 Å². The third kappa shape index (κ3) is 3.94. The molecule has 27 heavy (non-hydrogen) atoms. The van der Waals surface area contributed by atoms with Crippen molar-refractivity contribution in [2.45, 2.75) is 18.3 Å². The lowest BCUT2D eigenvalue weighted by Gasteiger charge is -2.36. The molecule has 1 aliphatic rings. The summed E-state index contributed by atoms with van der Waals surface area (Å²) >= 11 is 1.71. The molecule has 3 aromatic rings. The molecule has 0 unspecified atom stereocenters. The maximum atomic E-state index is 12.5. The number of nitrogens with one attached hydrogen (secondary N) is 2. The predicted octanol–water partition coefficient (Wildman–Crippen LogP) is 3.86. The van der Waals surface area contributed by atoms with Gasteiger partial charge >= 0.3 is 0 Å². The minimum Gasteiger partial charge on any atom is -0.351 e. The molecule has 2 heterocycles. The van der Waals surface area contributed by atoms with Gasteiger partial charge in [-0.05, 0) is 38.1 Å². The fraction of sp³-hybridized carbons (Fsp3) is 0.273. The van der Waals surface area contributed by atoms with Crippen molar-refractivity contribution in [2.24, 2.45) is 0 Å². The van der Waals surface area contributed by atoms with E-state index in [2.05, 4.69) is 28.1 Å². The van der Waals surface area contributed by atoms with Crippen LogP contribution in [0.2, 0.25) is 0 Å². The van der Waals surface area contributed by atoms with Crippen LogP contribution in [0.1, 0.15) is 28.2 Å². The van der Waals surface area contributed by atoms with Gasteiger partial charge in [-0.15, -0.1) is 11.3 Å². The van der Waals surface area contributed by atoms with Crippen LogP contribution < -0.4 is 10.6 Å². The van der Waals surface area contributed by atoms with E-state index in [1.165, 1.54) is 0 Å². The molecule has 1 aromatic heterocycles. The molecule has 1 fully saturated rings. The zero-order valence-electron chi connectivity index (χ0n) is 15.2. The summed E-state index contributed by atoms with van der Waals surface area (Å²) < 4.78 is 0. The summed E-state index contributed by atoms with van der Waals surface area (Å²) in [6.07, 6.45) is 1.95. The molecule has 4 rings (SSSR count). The first-order valence-electron chi connectivity index (χ1n) is 9.32. The fourth-order valence-corrected chi connectivity index (χ4v) is 4.66. The SMILES string of the molecule is O=C(NCC1(c2nc(-c3ccccc3)cs2)CCNCC1)c1ccccc1. The van der Waals surface area contributed by atoms with Gasteiger partial charge in [-0.2, -0.15) is 0 Å². The van der Waals surface area contributed by atoms with Crippen molar-refractivity contribution in [3.8, 4) is 11.3 Å². The zero-order valence-corrected chi connectivity index (χ0v) is 16.0. The Labute approximate surface area is 163 Å². The monoisotopic (exact) mass is 377 g/mol. The van der Waals surface area contributed by atoms with Gasteiger partial charge in [0.15, 0.2) is 0 Å². The summed E-state index contributed by atoms with van der Waals surface area (Å²) in [5.74, 6) is -0.0200. The molecule has 138 valence electrons. The molecule has 0 radical (unpaired) electrons. The number of carbonyl (C=O) groups is 1. The number of hydrogen-bond acceptors (Lipinski definition) is 4. The van der Waals surface area contributed by atoms with E-state index in [0.717, 1.165) is 42.2 Å². The molecule has 0 saturated carbocycles. The largest absolute Gasteiger partial charge is 0.351 e. The van der Waals surface area contributed by atoms with Crippen molar-refractivity contribution in [3.63, 3.8) is 0 Å². The highest BCUT2D eigenvalue weighted by molar-refractivity contribution is 7.10. The summed E-state index contributed by atoms with van der Waals surface area (Å²) in [7, 11) is 0. The molecule has 1 amide bonds. The number of aromatic nitrogens is 1. The lowest BCUT2D eigenvalue weighted by molar-refractivity contribution is 0.0938. The molecule has 5 heteroatoms. The van der Waals surface area contributed by atoms with Crippen LogP contribution in [-0.2, 0) is 5.41 Å². The summed E-state index contributed by atoms with van der Waals surface area (Å²) in [4.78, 5) is 17.5. The normalized spacial score (nSPS) is 16.0. The van der Waals surface area contributed by atoms with Gasteiger partial charge in [-0.1, -0.05) is 48.5 Å². The van der Waals surface area contributed by atoms with Crippen molar-refractivity contribution >= 4 is 17.2 Å². The number of carbonyl (C=O) groups excluding carboxylic acids is 1. The fourth-order valence-electron chi connectivity index (χ4n) is 3.57. The molecule has 0 aliphatic carbocycles. The average Bonchev–Trinajstić information content (AvgIpc) is 3.25. The molecule has 1 aliphatic heterocycles. The Hall–Kier alpha value is -2.50. The average molecular weight is 378 g/mol. The van der Waals surface area contributed by atoms with Gasteiger partial charge < -0.3 is 10.6 Å². The summed E-state index contributed by atoms with van der Waals surface area (Å²) in [5.41, 5.74) is 2.75. The molecule has 2 N–H and O–H groups in total. The lowest BCUT2D eigenvalue weighted by Crippen LogP contribution is -2.47. The van der Waals surface area contributed by atoms with E-state index in [-0.39, 0.29) is 11.3 Å². The number of nitrogens with zero attached hydrogens (tertiary/aromatic N) is 1. The van der Waals surface area contributed by atoms with Gasteiger partial charge in [0, 0.05) is 28.5 Å². The first-order valence-corrected chi connectivity index (χ1v) is 10.2. The van der Waals surface area contributed by atoms with Crippen molar-refractivity contribution in [2.75, 3.05) is 19.6 Å². The van der Waals surface area contributed by atoms with Crippen molar-refractivity contribution in [1.29, 1.82) is 0 Å². The maximum Gasteiger partial charge on any atom is 0.251 e. The number of thiazole rings is 1. The van der Waals surface area contributed by atoms with Gasteiger partial charge in [0.1, 0.15) is 5.01 Å². The number of amides is 1. The standard InChI is InChI=1S/C22H23N3OS/c26-20(18-9-5-2-6-10-18)24-16-22(11-13-23-14-12-22)21-25-19(15-27-21)17-7-3-1-4-8-17/h1-10,15,23H,11-14,16H2,(H,24,26). The number of benzene rings is 2. The zero-order chi connectivity index (χ0) is 18.5. The molecule has 0 spiro atoms. The van der Waals surface area contributed by atoms with Crippen LogP contribution in [0.3, 0.4) is 0 Å². The molecule has 1 saturated heterocycles. The molecule has 0 atom stereocenters. The third-order valence-corrected chi connectivity index (χ3v) is 6.30. The maximum absolute atomic E-state index is 12.5. The van der Waals surface area contributed by atoms with Gasteiger partial charge in [-0.25, -0.2) is 4.98 Å². The smallest absolute Gasteiger partial charge is 0.251 e. The minimum atomic E-state index is -0.104. The highest BCUT2D eigenvalue weighted by Crippen LogP contribution is 2.37. The van der Waals surface area contributed by atoms with Crippen LogP contribution >= 0.6 is 11.3 Å². The summed E-state index contributed by atoms with van der Waals surface area (Å²) in [6.45, 7) is 2.51. The predicted molar refractivity (Wildman–Crippen MR) is 110 cm³/mol. The number of piperidine rings is 1. The Morgan fingerprint density at radius 3 is 2.41 bits per heavy atom. The van der Waals surface area contributed by atoms with Crippen LogP contribution in [0, 0.1) is 0 Å². The van der Waals surface area contributed by atoms with Crippen LogP contribution in [0.15, 0.2) is 66.0 Å². The van der Waals surface area contributed by atoms with E-state index in [0.29, 0.717) is 12.1 Å². The van der Waals surface area contributed by atoms with Gasteiger partial charge in [-0.3, -0.25) is 4.79 Å². The Morgan fingerprint density at radius 2 is 1.70 bits per heavy atom. The molecule has 4 nitrogen and oxygen atoms in total. The Morgan fingerprint density at radius 1 is 1.04 bits per heavy atom. The lowest BCUT2D eigenvalue weighted by atomic mass is 9.79. The Kier molecular flexibility index (Phi) is 5.32. The van der Waals surface area contributed by atoms with E-state index in [1.54, 1.807) is 11.3 Å². The van der Waals surface area contributed by atoms with E-state index >= 15 is 0 Å². The number of hydrogen-bond donors (Lipinski definition) is 2. The highest BCUT2D eigenvalue weighted by atomic mass is 32.1. The summed E-state index contributed by atoms with van der Waals surface area (Å²) in [5, 5.41) is 9.84. The van der Waals surface area contributed by atoms with E-state index in [9.17, 15) is 4.79 Å².